The Morgan fingerprint density at radius 2 is 2.05 bits per heavy atom. The average molecular weight is 271 g/mol. The number of aromatic nitrogens is 3. The van der Waals surface area contributed by atoms with Crippen molar-refractivity contribution in [2.24, 2.45) is 5.92 Å². The van der Waals surface area contributed by atoms with Crippen molar-refractivity contribution in [1.82, 2.24) is 15.0 Å². The number of nitrogens with two attached hydrogens (primary N) is 1. The lowest BCUT2D eigenvalue weighted by atomic mass is 9.97. The fourth-order valence-electron chi connectivity index (χ4n) is 2.60. The minimum atomic E-state index is -0.362. The smallest absolute Gasteiger partial charge is 0.134 e. The maximum atomic E-state index is 10.2. The lowest BCUT2D eigenvalue weighted by Crippen LogP contribution is -2.22. The number of nitrogens with zero attached hydrogens (tertiary/aromatic N) is 4. The van der Waals surface area contributed by atoms with Gasteiger partial charge < -0.3 is 15.7 Å². The topological polar surface area (TPSA) is 88.2 Å². The molecule has 2 aromatic heterocycles. The molecule has 3 N–H and O–H groups in total. The van der Waals surface area contributed by atoms with Crippen LogP contribution in [-0.4, -0.2) is 39.3 Å². The first-order chi connectivity index (χ1) is 9.72. The van der Waals surface area contributed by atoms with E-state index in [9.17, 15) is 5.11 Å². The van der Waals surface area contributed by atoms with Gasteiger partial charge in [0.15, 0.2) is 0 Å². The molecule has 3 heterocycles. The Balaban J connectivity index is 1.71. The molecule has 104 valence electrons. The monoisotopic (exact) mass is 271 g/mol. The molecule has 1 saturated heterocycles. The van der Waals surface area contributed by atoms with Gasteiger partial charge in [0.2, 0.25) is 0 Å². The van der Waals surface area contributed by atoms with Gasteiger partial charge in [0, 0.05) is 37.5 Å². The molecular formula is C14H17N5O. The largest absolute Gasteiger partial charge is 0.391 e. The molecule has 0 spiro atoms. The van der Waals surface area contributed by atoms with Crippen LogP contribution in [0.15, 0.2) is 36.9 Å². The summed E-state index contributed by atoms with van der Waals surface area (Å²) in [4.78, 5) is 14.2. The molecule has 6 heteroatoms. The molecule has 0 unspecified atom stereocenters. The highest BCUT2D eigenvalue weighted by Crippen LogP contribution is 2.25. The zero-order valence-electron chi connectivity index (χ0n) is 11.1. The lowest BCUT2D eigenvalue weighted by molar-refractivity contribution is 0.148. The highest BCUT2D eigenvalue weighted by atomic mass is 16.3. The Bertz CT molecular complexity index is 577. The summed E-state index contributed by atoms with van der Waals surface area (Å²) in [6.07, 6.45) is 5.48. The Labute approximate surface area is 117 Å². The number of pyridine rings is 1. The number of β-amino-alcohol motifs (C(OH)–C–C–N with tert-alkyl or cyclic N) is 1. The summed E-state index contributed by atoms with van der Waals surface area (Å²) in [5, 5.41) is 10.2. The summed E-state index contributed by atoms with van der Waals surface area (Å²) in [5.41, 5.74) is 6.86. The van der Waals surface area contributed by atoms with E-state index in [4.69, 9.17) is 5.73 Å². The van der Waals surface area contributed by atoms with Gasteiger partial charge in [-0.2, -0.15) is 0 Å². The maximum Gasteiger partial charge on any atom is 0.134 e. The molecule has 6 nitrogen and oxygen atoms in total. The van der Waals surface area contributed by atoms with Gasteiger partial charge in [-0.1, -0.05) is 0 Å². The van der Waals surface area contributed by atoms with E-state index in [-0.39, 0.29) is 12.0 Å². The number of aliphatic hydroxyl groups is 1. The molecule has 2 atom stereocenters. The molecule has 0 bridgehead atoms. The highest BCUT2D eigenvalue weighted by molar-refractivity contribution is 5.47. The maximum absolute atomic E-state index is 10.2. The second kappa shape index (κ2) is 5.42. The van der Waals surface area contributed by atoms with Crippen LogP contribution in [-0.2, 0) is 6.42 Å². The van der Waals surface area contributed by atoms with Crippen LogP contribution in [0.4, 0.5) is 11.6 Å². The first kappa shape index (κ1) is 12.8. The van der Waals surface area contributed by atoms with E-state index in [1.165, 1.54) is 11.9 Å². The Hall–Kier alpha value is -2.21. The van der Waals surface area contributed by atoms with Crippen molar-refractivity contribution in [3.8, 4) is 0 Å². The van der Waals surface area contributed by atoms with Crippen molar-refractivity contribution >= 4 is 11.6 Å². The predicted molar refractivity (Wildman–Crippen MR) is 76.1 cm³/mol. The standard InChI is InChI=1S/C14H17N5O/c15-13-6-14(18-9-17-13)19-7-11(12(20)8-19)5-10-1-3-16-4-2-10/h1-4,6,9,11-12,20H,5,7-8H2,(H2,15,17,18)/t11-,12+/m1/s1. The van der Waals surface area contributed by atoms with Gasteiger partial charge in [-0.3, -0.25) is 4.98 Å². The predicted octanol–water partition coefficient (Wildman–Crippen LogP) is 0.494. The third kappa shape index (κ3) is 2.70. The number of hydrogen-bond acceptors (Lipinski definition) is 6. The summed E-state index contributed by atoms with van der Waals surface area (Å²) >= 11 is 0. The molecule has 1 aliphatic heterocycles. The molecule has 0 aliphatic carbocycles. The fraction of sp³-hybridized carbons (Fsp3) is 0.357. The number of rotatable bonds is 3. The first-order valence-electron chi connectivity index (χ1n) is 6.62. The van der Waals surface area contributed by atoms with Crippen molar-refractivity contribution < 1.29 is 5.11 Å². The van der Waals surface area contributed by atoms with Gasteiger partial charge in [0.25, 0.3) is 0 Å². The summed E-state index contributed by atoms with van der Waals surface area (Å²) in [5.74, 6) is 1.41. The van der Waals surface area contributed by atoms with E-state index in [0.29, 0.717) is 12.4 Å². The van der Waals surface area contributed by atoms with Crippen molar-refractivity contribution in [1.29, 1.82) is 0 Å². The van der Waals surface area contributed by atoms with E-state index in [2.05, 4.69) is 19.9 Å². The minimum absolute atomic E-state index is 0.189. The normalized spacial score (nSPS) is 22.1. The molecule has 0 radical (unpaired) electrons. The fourth-order valence-corrected chi connectivity index (χ4v) is 2.60. The summed E-state index contributed by atoms with van der Waals surface area (Å²) in [6, 6.07) is 5.71. The summed E-state index contributed by atoms with van der Waals surface area (Å²) in [7, 11) is 0. The van der Waals surface area contributed by atoms with Crippen LogP contribution in [0.2, 0.25) is 0 Å². The van der Waals surface area contributed by atoms with Crippen LogP contribution >= 0.6 is 0 Å². The van der Waals surface area contributed by atoms with Crippen molar-refractivity contribution in [2.75, 3.05) is 23.7 Å². The number of nitrogen functional groups attached to an aromatic ring is 1. The van der Waals surface area contributed by atoms with Gasteiger partial charge in [0.05, 0.1) is 6.10 Å². The summed E-state index contributed by atoms with van der Waals surface area (Å²) < 4.78 is 0. The second-order valence-corrected chi connectivity index (χ2v) is 5.09. The zero-order valence-corrected chi connectivity index (χ0v) is 11.1. The Morgan fingerprint density at radius 1 is 1.25 bits per heavy atom. The van der Waals surface area contributed by atoms with Gasteiger partial charge in [-0.25, -0.2) is 9.97 Å². The number of aliphatic hydroxyl groups excluding tert-OH is 1. The van der Waals surface area contributed by atoms with E-state index < -0.39 is 0 Å². The van der Waals surface area contributed by atoms with Gasteiger partial charge in [0.1, 0.15) is 18.0 Å². The third-order valence-electron chi connectivity index (χ3n) is 3.65. The molecule has 2 aromatic rings. The quantitative estimate of drug-likeness (QED) is 0.845. The third-order valence-corrected chi connectivity index (χ3v) is 3.65. The molecule has 0 aromatic carbocycles. The molecule has 1 aliphatic rings. The zero-order chi connectivity index (χ0) is 13.9. The van der Waals surface area contributed by atoms with Crippen molar-refractivity contribution in [3.63, 3.8) is 0 Å². The second-order valence-electron chi connectivity index (χ2n) is 5.09. The number of anilines is 2. The van der Waals surface area contributed by atoms with E-state index in [1.807, 2.05) is 12.1 Å². The first-order valence-corrected chi connectivity index (χ1v) is 6.62. The molecule has 20 heavy (non-hydrogen) atoms. The minimum Gasteiger partial charge on any atom is -0.391 e. The van der Waals surface area contributed by atoms with Crippen LogP contribution in [0.5, 0.6) is 0 Å². The molecule has 1 fully saturated rings. The number of hydrogen-bond donors (Lipinski definition) is 2. The van der Waals surface area contributed by atoms with Gasteiger partial charge >= 0.3 is 0 Å². The highest BCUT2D eigenvalue weighted by Gasteiger charge is 2.32. The average Bonchev–Trinajstić information content (AvgIpc) is 2.81. The van der Waals surface area contributed by atoms with Crippen LogP contribution in [0.25, 0.3) is 0 Å². The molecule has 0 saturated carbocycles. The van der Waals surface area contributed by atoms with E-state index in [0.717, 1.165) is 18.8 Å². The molecule has 0 amide bonds. The Kier molecular flexibility index (Phi) is 3.47. The van der Waals surface area contributed by atoms with Crippen molar-refractivity contribution in [3.05, 3.63) is 42.5 Å². The molecule has 3 rings (SSSR count). The van der Waals surface area contributed by atoms with Crippen LogP contribution in [0.3, 0.4) is 0 Å². The van der Waals surface area contributed by atoms with Crippen LogP contribution < -0.4 is 10.6 Å². The van der Waals surface area contributed by atoms with E-state index in [1.54, 1.807) is 18.5 Å². The summed E-state index contributed by atoms with van der Waals surface area (Å²) in [6.45, 7) is 1.34. The van der Waals surface area contributed by atoms with Gasteiger partial charge in [-0.15, -0.1) is 0 Å². The van der Waals surface area contributed by atoms with Gasteiger partial charge in [-0.05, 0) is 24.1 Å². The van der Waals surface area contributed by atoms with E-state index >= 15 is 0 Å². The Morgan fingerprint density at radius 3 is 2.80 bits per heavy atom. The van der Waals surface area contributed by atoms with Crippen LogP contribution in [0, 0.1) is 5.92 Å². The van der Waals surface area contributed by atoms with Crippen molar-refractivity contribution in [2.45, 2.75) is 12.5 Å². The molecular weight excluding hydrogens is 254 g/mol. The lowest BCUT2D eigenvalue weighted by Gasteiger charge is -2.16. The SMILES string of the molecule is Nc1cc(N2C[C@@H](Cc3ccncc3)[C@@H](O)C2)ncn1. The van der Waals surface area contributed by atoms with Crippen LogP contribution in [0.1, 0.15) is 5.56 Å².